The average molecular weight is 1880 g/mol. The van der Waals surface area contributed by atoms with Crippen molar-refractivity contribution in [1.82, 2.24) is 95.4 Å². The first-order valence-corrected chi connectivity index (χ1v) is 42.6. The van der Waals surface area contributed by atoms with Crippen molar-refractivity contribution in [2.24, 2.45) is 0 Å². The Hall–Kier alpha value is -9.76. The maximum Gasteiger partial charge on any atom is 0.349 e. The van der Waals surface area contributed by atoms with Gasteiger partial charge in [0, 0.05) is 141 Å². The van der Waals surface area contributed by atoms with Crippen LogP contribution in [-0.4, -0.2) is 317 Å². The number of ether oxygens (including phenoxy) is 2. The molecule has 0 saturated carbocycles. The summed E-state index contributed by atoms with van der Waals surface area (Å²) in [7, 11) is 7.84. The van der Waals surface area contributed by atoms with E-state index >= 15 is 0 Å². The van der Waals surface area contributed by atoms with Crippen LogP contribution in [0.5, 0.6) is 23.0 Å². The second-order valence-corrected chi connectivity index (χ2v) is 31.0. The number of methoxy groups -OCH3 is 2. The molecule has 4 heterocycles. The van der Waals surface area contributed by atoms with Crippen LogP contribution in [0.15, 0.2) is 72.8 Å². The Balaban J connectivity index is 0.939. The van der Waals surface area contributed by atoms with Gasteiger partial charge in [0.05, 0.1) is 54.1 Å². The van der Waals surface area contributed by atoms with E-state index in [2.05, 4.69) is 51.5 Å². The van der Waals surface area contributed by atoms with E-state index in [0.29, 0.717) is 128 Å². The summed E-state index contributed by atoms with van der Waals surface area (Å²) >= 11 is 4.03. The predicted octanol–water partition coefficient (Wildman–Crippen LogP) is 4.93. The first-order valence-electron chi connectivity index (χ1n) is 39.5. The largest absolute Gasteiger partial charge is 0.507 e. The first kappa shape index (κ1) is 94.7. The number of nitrogens with zero attached hydrogens (tertiary/aromatic N) is 15. The molecule has 7 N–H and O–H groups in total. The molecule has 648 valence electrons. The van der Waals surface area contributed by atoms with Gasteiger partial charge in [-0.1, -0.05) is 104 Å². The second-order valence-electron chi connectivity index (χ2n) is 29.6. The number of piperazine rings is 2. The Bertz CT molecular complexity index is 4430. The van der Waals surface area contributed by atoms with Crippen molar-refractivity contribution in [1.29, 1.82) is 0 Å². The van der Waals surface area contributed by atoms with Crippen molar-refractivity contribution in [3.63, 3.8) is 0 Å². The molecule has 2 aliphatic rings. The number of hydrogen-bond acceptors (Lipinski definition) is 28. The molecule has 37 nitrogen and oxygen atoms in total. The van der Waals surface area contributed by atoms with Crippen LogP contribution in [0.25, 0.3) is 34.2 Å². The summed E-state index contributed by atoms with van der Waals surface area (Å²) in [5, 5.41) is 60.7. The Kier molecular flexibility index (Phi) is 36.7. The molecule has 2 fully saturated rings. The van der Waals surface area contributed by atoms with Crippen molar-refractivity contribution in [2.45, 2.75) is 118 Å². The number of amides is 6. The molecule has 0 aliphatic carbocycles. The van der Waals surface area contributed by atoms with E-state index in [1.165, 1.54) is 38.3 Å². The van der Waals surface area contributed by atoms with Gasteiger partial charge in [0.25, 0.3) is 11.8 Å². The molecule has 0 bridgehead atoms. The van der Waals surface area contributed by atoms with Crippen LogP contribution in [-0.2, 0) is 66.0 Å². The minimum Gasteiger partial charge on any atom is -0.507 e. The van der Waals surface area contributed by atoms with Gasteiger partial charge in [0.1, 0.15) is 35.1 Å². The number of phenols is 2. The molecule has 0 spiro atoms. The Morgan fingerprint density at radius 1 is 0.546 bits per heavy atom. The third kappa shape index (κ3) is 26.9. The molecule has 119 heavy (non-hydrogen) atoms. The number of aromatic nitrogens is 6. The van der Waals surface area contributed by atoms with Gasteiger partial charge in [0.15, 0.2) is 11.6 Å². The minimum absolute atomic E-state index is 0.0197. The van der Waals surface area contributed by atoms with Gasteiger partial charge in [-0.25, -0.2) is 14.4 Å². The van der Waals surface area contributed by atoms with Crippen molar-refractivity contribution in [2.75, 3.05) is 156 Å². The van der Waals surface area contributed by atoms with E-state index in [4.69, 9.17) is 24.0 Å². The van der Waals surface area contributed by atoms with Crippen LogP contribution >= 0.6 is 45.2 Å². The third-order valence-electron chi connectivity index (χ3n) is 20.2. The van der Waals surface area contributed by atoms with Crippen LogP contribution in [0.1, 0.15) is 136 Å². The Labute approximate surface area is 719 Å². The van der Waals surface area contributed by atoms with Crippen LogP contribution < -0.4 is 30.7 Å². The molecule has 6 aromatic rings. The number of aliphatic carboxylic acids is 1. The predicted molar refractivity (Wildman–Crippen MR) is 455 cm³/mol. The van der Waals surface area contributed by atoms with Gasteiger partial charge in [-0.3, -0.25) is 86.6 Å². The molecule has 0 radical (unpaired) electrons. The fraction of sp³-hybridized carbons (Fsp3) is 0.525. The fourth-order valence-electron chi connectivity index (χ4n) is 13.5. The van der Waals surface area contributed by atoms with Crippen LogP contribution in [0.4, 0.5) is 0 Å². The summed E-state index contributed by atoms with van der Waals surface area (Å²) in [4.78, 5) is 166. The number of benzene rings is 4. The summed E-state index contributed by atoms with van der Waals surface area (Å²) in [6.07, 6.45) is -1.21. The number of hydrogen-bond donors (Lipinski definition) is 7. The Morgan fingerprint density at radius 2 is 1.01 bits per heavy atom. The normalized spacial score (nSPS) is 13.9. The number of carbonyl (C=O) groups excluding carboxylic acids is 9. The van der Waals surface area contributed by atoms with Crippen molar-refractivity contribution in [3.8, 4) is 57.1 Å². The summed E-state index contributed by atoms with van der Waals surface area (Å²) in [6, 6.07) is 19.0. The number of halogens is 2. The van der Waals surface area contributed by atoms with Crippen molar-refractivity contribution in [3.05, 3.63) is 107 Å². The standard InChI is InChI=1S/C80H111I2N19O18/c1-13-83-78(112)75-89-87-73(59-40-57(51(4)5)65(115-11)42-63(59)102)99(75)55-20-16-53(17-21-55)44-94-32-36-97(37-33-94)68(105)27-24-61(86-67(104)26-25-62(93(10)30-31-96(50-82)46-70(107)108)80(114)119-101(117-71(109)47-91(8)15-3)118-72(110)48-92(9)49-81)77(111)85-29-28-69(106)98-38-34-95(35-39-98)45-54-18-22-56(23-19-54)100-74(88-90-76(100)79(113)84-14-2)60-41-58(52(6)7)66(116-12)43-64(60)103/h16-23,40-43,51-52,61-62,102-103H,13-15,24-39,44-50H2,1-12H3,(H,83,112)(H,84,113)(H,85,111)(H,86,104)(H,107,108)/t61-,62-/m1/s1. The highest BCUT2D eigenvalue weighted by Crippen LogP contribution is 2.41. The lowest BCUT2D eigenvalue weighted by molar-refractivity contribution is -0.465. The molecular weight excluding hydrogens is 1770 g/mol. The third-order valence-corrected chi connectivity index (χ3v) is 22.4. The maximum atomic E-state index is 14.5. The van der Waals surface area contributed by atoms with Gasteiger partial charge < -0.3 is 55.9 Å². The number of carboxylic acid groups (broad SMARTS) is 1. The highest BCUT2D eigenvalue weighted by molar-refractivity contribution is 14.1. The quantitative estimate of drug-likeness (QED) is 0.0115. The van der Waals surface area contributed by atoms with E-state index in [-0.39, 0.29) is 129 Å². The number of carboxylic acids is 1. The maximum absolute atomic E-state index is 14.5. The summed E-state index contributed by atoms with van der Waals surface area (Å²) in [5.41, 5.74) is 5.39. The first-order chi connectivity index (χ1) is 56.9. The molecule has 4 aromatic carbocycles. The lowest BCUT2D eigenvalue weighted by atomic mass is 9.98. The second kappa shape index (κ2) is 46.1. The van der Waals surface area contributed by atoms with Crippen LogP contribution in [0.2, 0.25) is 0 Å². The molecule has 8 rings (SSSR count). The molecule has 2 aromatic heterocycles. The molecule has 6 amide bonds. The zero-order valence-electron chi connectivity index (χ0n) is 69.6. The van der Waals surface area contributed by atoms with E-state index < -0.39 is 66.0 Å². The van der Waals surface area contributed by atoms with Crippen LogP contribution in [0.3, 0.4) is 0 Å². The zero-order chi connectivity index (χ0) is 86.7. The SMILES string of the molecule is CCNC(=O)c1nnc(-c2cc(C(C)C)c(OC)cc2O)n1-c1ccc(CN2CCN(C(=O)CCNC(=O)[C@@H](CCC(=O)N3CCN(Cc4ccc(-n5c(C(=O)NCC)nnc5-c5cc(C(C)C)c(OC)cc5O)cc4)CC3)NC(=O)CC[C@H](C(=O)ON(OC(=O)CN(C)CC)OC(=O)CN(C)CI)N(C)CCN(CI)CC(=O)O)CC2)cc1. The topological polar surface area (TPSA) is 416 Å². The molecule has 39 heteroatoms. The lowest BCUT2D eigenvalue weighted by Crippen LogP contribution is -2.51. The molecule has 2 atom stereocenters. The number of aromatic hydroxyl groups is 2. The molecule has 2 saturated heterocycles. The monoisotopic (exact) mass is 1880 g/mol. The molecule has 0 unspecified atom stereocenters. The number of nitrogens with one attached hydrogen (secondary N) is 4. The zero-order valence-corrected chi connectivity index (χ0v) is 73.9. The van der Waals surface area contributed by atoms with Gasteiger partial charge in [-0.2, -0.15) is 0 Å². The highest BCUT2D eigenvalue weighted by Gasteiger charge is 2.35. The van der Waals surface area contributed by atoms with Crippen molar-refractivity contribution >= 4 is 105 Å². The number of phenolic OH excluding ortho intramolecular Hbond substituents is 2. The summed E-state index contributed by atoms with van der Waals surface area (Å²) in [5.74, 6) is -5.55. The number of carbonyl (C=O) groups is 10. The molecule has 2 aliphatic heterocycles. The number of rotatable bonds is 44. The fourth-order valence-corrected chi connectivity index (χ4v) is 14.3. The number of likely N-dealkylation sites (N-methyl/N-ethyl adjacent to an activating group) is 3. The van der Waals surface area contributed by atoms with E-state index in [9.17, 15) is 63.3 Å². The lowest BCUT2D eigenvalue weighted by Gasteiger charge is -2.35. The smallest absolute Gasteiger partial charge is 0.349 e. The highest BCUT2D eigenvalue weighted by atomic mass is 127. The summed E-state index contributed by atoms with van der Waals surface area (Å²) in [6.45, 7) is 18.1. The Morgan fingerprint density at radius 3 is 1.43 bits per heavy atom. The van der Waals surface area contributed by atoms with Gasteiger partial charge in [-0.05, 0) is 125 Å². The van der Waals surface area contributed by atoms with Gasteiger partial charge in [-0.15, -0.1) is 20.4 Å². The van der Waals surface area contributed by atoms with Crippen molar-refractivity contribution < 1.29 is 87.3 Å². The van der Waals surface area contributed by atoms with E-state index in [1.54, 1.807) is 80.6 Å². The van der Waals surface area contributed by atoms with Crippen LogP contribution in [0, 0.1) is 0 Å². The average Bonchev–Trinajstić information content (AvgIpc) is 1.69. The molecular formula is C80H111I2N19O18. The van der Waals surface area contributed by atoms with E-state index in [1.807, 2.05) is 121 Å². The minimum atomic E-state index is -1.36. The van der Waals surface area contributed by atoms with E-state index in [0.717, 1.165) is 22.3 Å². The van der Waals surface area contributed by atoms with Gasteiger partial charge in [0.2, 0.25) is 40.7 Å². The number of alkyl halides is 2. The van der Waals surface area contributed by atoms with Gasteiger partial charge >= 0.3 is 23.9 Å². The summed E-state index contributed by atoms with van der Waals surface area (Å²) < 4.78 is 15.0.